The average Bonchev–Trinajstić information content (AvgIpc) is 3.20. The van der Waals surface area contributed by atoms with Gasteiger partial charge in [0.25, 0.3) is 0 Å². The second kappa shape index (κ2) is 8.94. The number of hydrogen-bond acceptors (Lipinski definition) is 7. The van der Waals surface area contributed by atoms with Crippen molar-refractivity contribution in [1.82, 2.24) is 9.88 Å². The number of carbonyl (C=O) groups is 2. The van der Waals surface area contributed by atoms with E-state index in [9.17, 15) is 9.59 Å². The summed E-state index contributed by atoms with van der Waals surface area (Å²) >= 11 is 14.8. The lowest BCUT2D eigenvalue weighted by atomic mass is 10.3. The lowest BCUT2D eigenvalue weighted by Gasteiger charge is -2.21. The minimum Gasteiger partial charge on any atom is -0.491 e. The quantitative estimate of drug-likeness (QED) is 0.458. The minimum atomic E-state index is -0.365. The van der Waals surface area contributed by atoms with Crippen molar-refractivity contribution in [1.29, 1.82) is 0 Å². The third-order valence-electron chi connectivity index (χ3n) is 3.53. The first-order chi connectivity index (χ1) is 12.5. The highest BCUT2D eigenvalue weighted by molar-refractivity contribution is 8.01. The number of benzene rings is 1. The molecule has 6 nitrogen and oxygen atoms in total. The molecular weight excluding hydrogens is 419 g/mol. The molecule has 0 bridgehead atoms. The molecule has 3 rings (SSSR count). The SMILES string of the molecule is O=Cc1csc(SCCN2C(=O)OC[C@@H]2COc2cc(Cl)cc(Cl)c2)n1. The number of aldehydes is 1. The molecule has 1 aliphatic rings. The maximum Gasteiger partial charge on any atom is 0.410 e. The van der Waals surface area contributed by atoms with Gasteiger partial charge in [0, 0.05) is 27.7 Å². The molecular formula is C16H14Cl2N2O4S2. The maximum absolute atomic E-state index is 11.9. The molecule has 0 aliphatic carbocycles. The van der Waals surface area contributed by atoms with Crippen molar-refractivity contribution in [3.05, 3.63) is 39.3 Å². The van der Waals surface area contributed by atoms with E-state index in [-0.39, 0.29) is 25.3 Å². The Labute approximate surface area is 168 Å². The summed E-state index contributed by atoms with van der Waals surface area (Å²) in [5.74, 6) is 1.18. The van der Waals surface area contributed by atoms with Crippen LogP contribution in [0.5, 0.6) is 5.75 Å². The lowest BCUT2D eigenvalue weighted by molar-refractivity contribution is 0.111. The van der Waals surface area contributed by atoms with E-state index in [1.165, 1.54) is 23.1 Å². The molecule has 138 valence electrons. The largest absolute Gasteiger partial charge is 0.491 e. The average molecular weight is 433 g/mol. The Morgan fingerprint density at radius 2 is 2.15 bits per heavy atom. The normalized spacial score (nSPS) is 16.6. The molecule has 10 heteroatoms. The van der Waals surface area contributed by atoms with Crippen molar-refractivity contribution < 1.29 is 19.1 Å². The Morgan fingerprint density at radius 1 is 1.38 bits per heavy atom. The summed E-state index contributed by atoms with van der Waals surface area (Å²) in [4.78, 5) is 28.4. The second-order valence-corrected chi connectivity index (χ2v) is 8.42. The summed E-state index contributed by atoms with van der Waals surface area (Å²) in [6, 6.07) is 4.76. The van der Waals surface area contributed by atoms with Crippen LogP contribution in [0, 0.1) is 0 Å². The fraction of sp³-hybridized carbons (Fsp3) is 0.312. The van der Waals surface area contributed by atoms with E-state index in [1.54, 1.807) is 28.5 Å². The van der Waals surface area contributed by atoms with Crippen molar-refractivity contribution in [2.24, 2.45) is 0 Å². The fourth-order valence-corrected chi connectivity index (χ4v) is 4.62. The van der Waals surface area contributed by atoms with E-state index in [0.717, 1.165) is 4.34 Å². The summed E-state index contributed by atoms with van der Waals surface area (Å²) in [6.45, 7) is 1.04. The first kappa shape index (κ1) is 19.3. The van der Waals surface area contributed by atoms with Crippen LogP contribution in [0.25, 0.3) is 0 Å². The standard InChI is InChI=1S/C16H14Cl2N2O4S2/c17-10-3-11(18)5-14(4-10)23-7-13-8-24-16(22)20(13)1-2-25-15-19-12(6-21)9-26-15/h3-6,9,13H,1-2,7-8H2/t13-/m0/s1. The number of halogens is 2. The van der Waals surface area contributed by atoms with Crippen molar-refractivity contribution in [2.45, 2.75) is 10.4 Å². The van der Waals surface area contributed by atoms with Gasteiger partial charge in [0.15, 0.2) is 10.6 Å². The van der Waals surface area contributed by atoms with Gasteiger partial charge in [-0.3, -0.25) is 9.69 Å². The molecule has 1 aromatic carbocycles. The van der Waals surface area contributed by atoms with E-state index in [0.29, 0.717) is 40.1 Å². The molecule has 1 aromatic heterocycles. The summed E-state index contributed by atoms with van der Waals surface area (Å²) in [7, 11) is 0. The Bertz CT molecular complexity index is 782. The van der Waals surface area contributed by atoms with Crippen LogP contribution < -0.4 is 4.74 Å². The summed E-state index contributed by atoms with van der Waals surface area (Å²) in [5.41, 5.74) is 0.421. The highest BCUT2D eigenvalue weighted by Crippen LogP contribution is 2.26. The second-order valence-electron chi connectivity index (χ2n) is 5.34. The van der Waals surface area contributed by atoms with Gasteiger partial charge in [-0.15, -0.1) is 11.3 Å². The highest BCUT2D eigenvalue weighted by Gasteiger charge is 2.33. The smallest absolute Gasteiger partial charge is 0.410 e. The fourth-order valence-electron chi connectivity index (χ4n) is 2.33. The molecule has 1 amide bonds. The molecule has 1 atom stereocenters. The molecule has 2 heterocycles. The van der Waals surface area contributed by atoms with E-state index in [4.69, 9.17) is 32.7 Å². The van der Waals surface area contributed by atoms with Crippen molar-refractivity contribution in [2.75, 3.05) is 25.5 Å². The highest BCUT2D eigenvalue weighted by atomic mass is 35.5. The van der Waals surface area contributed by atoms with Gasteiger partial charge in [-0.1, -0.05) is 35.0 Å². The number of carbonyl (C=O) groups excluding carboxylic acids is 2. The van der Waals surface area contributed by atoms with Gasteiger partial charge in [-0.2, -0.15) is 0 Å². The zero-order valence-electron chi connectivity index (χ0n) is 13.4. The van der Waals surface area contributed by atoms with Gasteiger partial charge in [0.2, 0.25) is 0 Å². The van der Waals surface area contributed by atoms with Crippen LogP contribution in [0.4, 0.5) is 4.79 Å². The Morgan fingerprint density at radius 3 is 2.85 bits per heavy atom. The van der Waals surface area contributed by atoms with Crippen molar-refractivity contribution in [3.8, 4) is 5.75 Å². The van der Waals surface area contributed by atoms with Crippen molar-refractivity contribution >= 4 is 58.7 Å². The molecule has 0 unspecified atom stereocenters. The van der Waals surface area contributed by atoms with Crippen LogP contribution in [0.1, 0.15) is 10.5 Å². The van der Waals surface area contributed by atoms with Crippen LogP contribution in [0.3, 0.4) is 0 Å². The molecule has 0 saturated carbocycles. The van der Waals surface area contributed by atoms with Crippen LogP contribution in [0.2, 0.25) is 10.0 Å². The number of rotatable bonds is 8. The van der Waals surface area contributed by atoms with E-state index in [2.05, 4.69) is 4.98 Å². The third-order valence-corrected chi connectivity index (χ3v) is 5.99. The maximum atomic E-state index is 11.9. The minimum absolute atomic E-state index is 0.192. The first-order valence-corrected chi connectivity index (χ1v) is 10.2. The van der Waals surface area contributed by atoms with Crippen LogP contribution in [-0.4, -0.2) is 53.8 Å². The number of nitrogens with zero attached hydrogens (tertiary/aromatic N) is 2. The van der Waals surface area contributed by atoms with Gasteiger partial charge in [-0.05, 0) is 18.2 Å². The first-order valence-electron chi connectivity index (χ1n) is 7.61. The monoisotopic (exact) mass is 432 g/mol. The number of hydrogen-bond donors (Lipinski definition) is 0. The number of thioether (sulfide) groups is 1. The van der Waals surface area contributed by atoms with E-state index in [1.807, 2.05) is 0 Å². The number of amides is 1. The molecule has 2 aromatic rings. The van der Waals surface area contributed by atoms with Gasteiger partial charge >= 0.3 is 6.09 Å². The number of cyclic esters (lactones) is 1. The summed E-state index contributed by atoms with van der Waals surface area (Å²) in [6.07, 6.45) is 0.351. The number of ether oxygens (including phenoxy) is 2. The molecule has 1 fully saturated rings. The topological polar surface area (TPSA) is 68.7 Å². The lowest BCUT2D eigenvalue weighted by Crippen LogP contribution is -2.39. The van der Waals surface area contributed by atoms with Gasteiger partial charge in [-0.25, -0.2) is 9.78 Å². The molecule has 0 radical (unpaired) electrons. The molecule has 0 spiro atoms. The van der Waals surface area contributed by atoms with Crippen LogP contribution in [0.15, 0.2) is 27.9 Å². The number of aromatic nitrogens is 1. The predicted molar refractivity (Wildman–Crippen MR) is 102 cm³/mol. The number of thiazole rings is 1. The zero-order chi connectivity index (χ0) is 18.5. The third kappa shape index (κ3) is 5.03. The van der Waals surface area contributed by atoms with Gasteiger partial charge in [0.05, 0.1) is 0 Å². The summed E-state index contributed by atoms with van der Waals surface area (Å²) < 4.78 is 11.6. The Balaban J connectivity index is 1.52. The zero-order valence-corrected chi connectivity index (χ0v) is 16.5. The molecule has 0 N–H and O–H groups in total. The molecule has 26 heavy (non-hydrogen) atoms. The van der Waals surface area contributed by atoms with E-state index >= 15 is 0 Å². The Hall–Kier alpha value is -1.48. The predicted octanol–water partition coefficient (Wildman–Crippen LogP) is 4.25. The Kier molecular flexibility index (Phi) is 6.63. The van der Waals surface area contributed by atoms with Crippen LogP contribution >= 0.6 is 46.3 Å². The van der Waals surface area contributed by atoms with Gasteiger partial charge in [0.1, 0.15) is 30.7 Å². The summed E-state index contributed by atoms with van der Waals surface area (Å²) in [5, 5.41) is 2.67. The van der Waals surface area contributed by atoms with E-state index < -0.39 is 0 Å². The van der Waals surface area contributed by atoms with Crippen molar-refractivity contribution in [3.63, 3.8) is 0 Å². The molecule has 1 saturated heterocycles. The molecule has 1 aliphatic heterocycles. The van der Waals surface area contributed by atoms with Crippen LogP contribution in [-0.2, 0) is 4.74 Å². The van der Waals surface area contributed by atoms with Gasteiger partial charge < -0.3 is 9.47 Å².